The fourth-order valence-electron chi connectivity index (χ4n) is 2.02. The van der Waals surface area contributed by atoms with Crippen molar-refractivity contribution in [1.29, 1.82) is 0 Å². The first-order valence-corrected chi connectivity index (χ1v) is 8.62. The van der Waals surface area contributed by atoms with Gasteiger partial charge in [0, 0.05) is 13.1 Å². The lowest BCUT2D eigenvalue weighted by Gasteiger charge is -2.26. The molecular formula is C14H25N3O2S. The zero-order valence-corrected chi connectivity index (χ0v) is 13.1. The van der Waals surface area contributed by atoms with Crippen molar-refractivity contribution in [3.63, 3.8) is 0 Å². The normalized spacial score (nSPS) is 11.6. The predicted molar refractivity (Wildman–Crippen MR) is 84.3 cm³/mol. The first-order valence-electron chi connectivity index (χ1n) is 7.07. The highest BCUT2D eigenvalue weighted by Gasteiger charge is 2.14. The van der Waals surface area contributed by atoms with Crippen LogP contribution in [0.25, 0.3) is 0 Å². The van der Waals surface area contributed by atoms with Crippen molar-refractivity contribution in [1.82, 2.24) is 0 Å². The molecule has 0 aliphatic carbocycles. The molecular weight excluding hydrogens is 274 g/mol. The van der Waals surface area contributed by atoms with Crippen molar-refractivity contribution >= 4 is 21.4 Å². The molecule has 0 amide bonds. The molecule has 0 atom stereocenters. The van der Waals surface area contributed by atoms with E-state index in [0.717, 1.165) is 44.5 Å². The summed E-state index contributed by atoms with van der Waals surface area (Å²) in [4.78, 5) is 2.26. The van der Waals surface area contributed by atoms with Crippen LogP contribution in [0.3, 0.4) is 0 Å². The monoisotopic (exact) mass is 299 g/mol. The number of benzene rings is 1. The quantitative estimate of drug-likeness (QED) is 0.721. The number of nitrogens with zero attached hydrogens (tertiary/aromatic N) is 1. The van der Waals surface area contributed by atoms with Crippen molar-refractivity contribution < 1.29 is 8.42 Å². The molecule has 0 bridgehead atoms. The van der Waals surface area contributed by atoms with Gasteiger partial charge in [-0.15, -0.1) is 0 Å². The minimum atomic E-state index is -3.70. The minimum absolute atomic E-state index is 0.111. The lowest BCUT2D eigenvalue weighted by Crippen LogP contribution is -2.27. The van der Waals surface area contributed by atoms with Gasteiger partial charge >= 0.3 is 0 Å². The summed E-state index contributed by atoms with van der Waals surface area (Å²) in [5.74, 6) is 0. The van der Waals surface area contributed by atoms with E-state index in [4.69, 9.17) is 10.9 Å². The van der Waals surface area contributed by atoms with Gasteiger partial charge in [0.25, 0.3) is 0 Å². The average molecular weight is 299 g/mol. The number of unbranched alkanes of at least 4 members (excludes halogenated alkanes) is 2. The molecule has 114 valence electrons. The summed E-state index contributed by atoms with van der Waals surface area (Å²) in [5.41, 5.74) is 7.35. The predicted octanol–water partition coefficient (Wildman–Crippen LogP) is 2.32. The van der Waals surface area contributed by atoms with Gasteiger partial charge in [0.15, 0.2) is 0 Å². The molecule has 0 radical (unpaired) electrons. The molecule has 1 rings (SSSR count). The second kappa shape index (κ2) is 7.50. The number of hydrogen-bond donors (Lipinski definition) is 2. The van der Waals surface area contributed by atoms with E-state index in [1.807, 2.05) is 0 Å². The summed E-state index contributed by atoms with van der Waals surface area (Å²) in [7, 11) is -3.70. The maximum absolute atomic E-state index is 11.5. The lowest BCUT2D eigenvalue weighted by molar-refractivity contribution is 0.597. The van der Waals surface area contributed by atoms with Crippen LogP contribution in [0.4, 0.5) is 11.4 Å². The largest absolute Gasteiger partial charge is 0.397 e. The molecule has 0 aliphatic rings. The molecule has 1 aromatic rings. The molecule has 5 nitrogen and oxygen atoms in total. The Bertz CT molecular complexity index is 521. The first-order chi connectivity index (χ1) is 9.40. The molecule has 0 fully saturated rings. The van der Waals surface area contributed by atoms with Gasteiger partial charge in [-0.05, 0) is 31.0 Å². The first kappa shape index (κ1) is 16.8. The fraction of sp³-hybridized carbons (Fsp3) is 0.571. The smallest absolute Gasteiger partial charge is 0.238 e. The molecule has 0 aliphatic heterocycles. The van der Waals surface area contributed by atoms with Gasteiger partial charge in [0.1, 0.15) is 0 Å². The Morgan fingerprint density at radius 1 is 1.10 bits per heavy atom. The number of sulfonamides is 1. The van der Waals surface area contributed by atoms with Crippen LogP contribution in [-0.4, -0.2) is 21.5 Å². The zero-order chi connectivity index (χ0) is 15.2. The van der Waals surface area contributed by atoms with Gasteiger partial charge in [-0.1, -0.05) is 26.7 Å². The van der Waals surface area contributed by atoms with E-state index in [2.05, 4.69) is 18.7 Å². The highest BCUT2D eigenvalue weighted by molar-refractivity contribution is 7.89. The molecule has 1 aromatic carbocycles. The Balaban J connectivity index is 3.10. The van der Waals surface area contributed by atoms with Gasteiger partial charge < -0.3 is 10.6 Å². The zero-order valence-electron chi connectivity index (χ0n) is 12.3. The number of nitrogens with two attached hydrogens (primary N) is 2. The van der Waals surface area contributed by atoms with Gasteiger partial charge in [0.2, 0.25) is 10.0 Å². The molecule has 20 heavy (non-hydrogen) atoms. The summed E-state index contributed by atoms with van der Waals surface area (Å²) in [6.45, 7) is 5.99. The number of rotatable bonds is 8. The van der Waals surface area contributed by atoms with E-state index < -0.39 is 10.0 Å². The average Bonchev–Trinajstić information content (AvgIpc) is 2.39. The van der Waals surface area contributed by atoms with Gasteiger partial charge in [0.05, 0.1) is 16.3 Å². The fourth-order valence-corrected chi connectivity index (χ4v) is 2.56. The van der Waals surface area contributed by atoms with Crippen LogP contribution < -0.4 is 15.8 Å². The number of nitrogen functional groups attached to an aromatic ring is 1. The van der Waals surface area contributed by atoms with Crippen LogP contribution in [-0.2, 0) is 10.0 Å². The van der Waals surface area contributed by atoms with Crippen LogP contribution in [0.5, 0.6) is 0 Å². The third-order valence-corrected chi connectivity index (χ3v) is 4.15. The van der Waals surface area contributed by atoms with Gasteiger partial charge in [-0.3, -0.25) is 0 Å². The van der Waals surface area contributed by atoms with Crippen LogP contribution in [0, 0.1) is 0 Å². The third-order valence-electron chi connectivity index (χ3n) is 3.23. The Kier molecular flexibility index (Phi) is 6.29. The summed E-state index contributed by atoms with van der Waals surface area (Å²) < 4.78 is 22.9. The molecule has 0 aromatic heterocycles. The van der Waals surface area contributed by atoms with Crippen molar-refractivity contribution in [3.05, 3.63) is 18.2 Å². The molecule has 0 saturated heterocycles. The van der Waals surface area contributed by atoms with Gasteiger partial charge in [-0.2, -0.15) is 0 Å². The van der Waals surface area contributed by atoms with Crippen molar-refractivity contribution in [2.45, 2.75) is 44.4 Å². The SMILES string of the molecule is CCCCN(CCCC)c1cc(S(N)(=O)=O)ccc1N. The number of anilines is 2. The lowest BCUT2D eigenvalue weighted by atomic mass is 10.2. The van der Waals surface area contributed by atoms with Crippen LogP contribution in [0.1, 0.15) is 39.5 Å². The molecule has 6 heteroatoms. The van der Waals surface area contributed by atoms with Crippen LogP contribution >= 0.6 is 0 Å². The van der Waals surface area contributed by atoms with Crippen LogP contribution in [0.2, 0.25) is 0 Å². The Labute approximate surface area is 122 Å². The Morgan fingerprint density at radius 2 is 1.65 bits per heavy atom. The Morgan fingerprint density at radius 3 is 2.10 bits per heavy atom. The molecule has 0 heterocycles. The van der Waals surface area contributed by atoms with E-state index in [-0.39, 0.29) is 4.90 Å². The maximum atomic E-state index is 11.5. The molecule has 0 spiro atoms. The van der Waals surface area contributed by atoms with Gasteiger partial charge in [-0.25, -0.2) is 13.6 Å². The standard InChI is InChI=1S/C14H25N3O2S/c1-3-5-9-17(10-6-4-2)14-11-12(20(16,18)19)7-8-13(14)15/h7-8,11H,3-6,9-10,15H2,1-2H3,(H2,16,18,19). The number of primary sulfonamides is 1. The van der Waals surface area contributed by atoms with E-state index in [1.54, 1.807) is 12.1 Å². The van der Waals surface area contributed by atoms with E-state index in [0.29, 0.717) is 5.69 Å². The van der Waals surface area contributed by atoms with E-state index in [1.165, 1.54) is 6.07 Å². The summed E-state index contributed by atoms with van der Waals surface area (Å²) in [6, 6.07) is 4.64. The molecule has 0 saturated carbocycles. The van der Waals surface area contributed by atoms with Crippen molar-refractivity contribution in [2.75, 3.05) is 23.7 Å². The summed E-state index contributed by atoms with van der Waals surface area (Å²) >= 11 is 0. The maximum Gasteiger partial charge on any atom is 0.238 e. The topological polar surface area (TPSA) is 89.4 Å². The van der Waals surface area contributed by atoms with Crippen LogP contribution in [0.15, 0.2) is 23.1 Å². The molecule has 0 unspecified atom stereocenters. The second-order valence-corrected chi connectivity index (χ2v) is 6.52. The summed E-state index contributed by atoms with van der Waals surface area (Å²) in [6.07, 6.45) is 4.25. The van der Waals surface area contributed by atoms with Crippen molar-refractivity contribution in [2.24, 2.45) is 5.14 Å². The van der Waals surface area contributed by atoms with Crippen molar-refractivity contribution in [3.8, 4) is 0 Å². The minimum Gasteiger partial charge on any atom is -0.397 e. The number of hydrogen-bond acceptors (Lipinski definition) is 4. The van der Waals surface area contributed by atoms with E-state index >= 15 is 0 Å². The van der Waals surface area contributed by atoms with E-state index in [9.17, 15) is 8.42 Å². The highest BCUT2D eigenvalue weighted by Crippen LogP contribution is 2.27. The Hall–Kier alpha value is -1.27. The third kappa shape index (κ3) is 4.68. The highest BCUT2D eigenvalue weighted by atomic mass is 32.2. The molecule has 4 N–H and O–H groups in total. The second-order valence-electron chi connectivity index (χ2n) is 4.96. The summed E-state index contributed by atoms with van der Waals surface area (Å²) in [5, 5.41) is 5.19.